The summed E-state index contributed by atoms with van der Waals surface area (Å²) in [5.41, 5.74) is 3.15. The maximum absolute atomic E-state index is 14.2. The zero-order valence-electron chi connectivity index (χ0n) is 17.9. The first-order chi connectivity index (χ1) is 15.5. The van der Waals surface area contributed by atoms with E-state index in [0.717, 1.165) is 21.1 Å². The first-order valence-electron chi connectivity index (χ1n) is 9.51. The first-order valence-corrected chi connectivity index (χ1v) is 11.0. The van der Waals surface area contributed by atoms with Crippen molar-refractivity contribution in [1.29, 1.82) is 0 Å². The molecule has 0 atom stereocenters. The van der Waals surface area contributed by atoms with Gasteiger partial charge in [-0.2, -0.15) is 5.10 Å². The molecule has 33 heavy (non-hydrogen) atoms. The average Bonchev–Trinajstić information content (AvgIpc) is 2.78. The molecule has 0 spiro atoms. The van der Waals surface area contributed by atoms with Crippen LogP contribution in [-0.4, -0.2) is 48.4 Å². The molecule has 0 aliphatic rings. The molecule has 2 amide bonds. The third-order valence-electron chi connectivity index (χ3n) is 4.57. The number of halogens is 1. The Morgan fingerprint density at radius 1 is 1.00 bits per heavy atom. The molecule has 2 aromatic carbocycles. The van der Waals surface area contributed by atoms with Crippen LogP contribution in [0.2, 0.25) is 0 Å². The highest BCUT2D eigenvalue weighted by molar-refractivity contribution is 7.89. The minimum absolute atomic E-state index is 0.0343. The van der Waals surface area contributed by atoms with Crippen LogP contribution in [0.4, 0.5) is 4.39 Å². The first kappa shape index (κ1) is 23.8. The van der Waals surface area contributed by atoms with E-state index in [1.165, 1.54) is 57.4 Å². The smallest absolute Gasteiger partial charge is 0.287 e. The average molecular weight is 473 g/mol. The number of aromatic nitrogens is 2. The fourth-order valence-corrected chi connectivity index (χ4v) is 3.77. The molecule has 3 rings (SSSR count). The zero-order chi connectivity index (χ0) is 24.3. The van der Waals surface area contributed by atoms with Gasteiger partial charge in [0.2, 0.25) is 15.5 Å². The van der Waals surface area contributed by atoms with Crippen molar-refractivity contribution in [2.24, 2.45) is 0 Å². The number of aryl methyl sites for hydroxylation is 1. The van der Waals surface area contributed by atoms with E-state index in [4.69, 9.17) is 0 Å². The number of hydrazine groups is 1. The van der Waals surface area contributed by atoms with Gasteiger partial charge in [0.05, 0.1) is 4.90 Å². The summed E-state index contributed by atoms with van der Waals surface area (Å²) < 4.78 is 40.7. The Kier molecular flexibility index (Phi) is 6.70. The summed E-state index contributed by atoms with van der Waals surface area (Å²) in [6.07, 6.45) is 0. The molecule has 0 unspecified atom stereocenters. The SMILES string of the molecule is Cc1cc(=O)c(C(=O)NNC(=O)c2cccc(S(=O)(=O)N(C)C)c2)nn1-c1ccccc1F. The predicted octanol–water partition coefficient (Wildman–Crippen LogP) is 1.01. The molecule has 0 fully saturated rings. The molecule has 1 aromatic heterocycles. The Morgan fingerprint density at radius 3 is 2.33 bits per heavy atom. The molecule has 0 saturated carbocycles. The quantitative estimate of drug-likeness (QED) is 0.532. The van der Waals surface area contributed by atoms with E-state index in [1.807, 2.05) is 0 Å². The second kappa shape index (κ2) is 9.30. The lowest BCUT2D eigenvalue weighted by Gasteiger charge is -2.13. The van der Waals surface area contributed by atoms with Crippen LogP contribution < -0.4 is 16.3 Å². The molecular formula is C21H20FN5O5S. The van der Waals surface area contributed by atoms with Gasteiger partial charge in [-0.1, -0.05) is 18.2 Å². The Bertz CT molecular complexity index is 1400. The van der Waals surface area contributed by atoms with Gasteiger partial charge in [-0.25, -0.2) is 21.8 Å². The molecule has 0 radical (unpaired) electrons. The van der Waals surface area contributed by atoms with Crippen molar-refractivity contribution >= 4 is 21.8 Å². The standard InChI is InChI=1S/C21H20FN5O5S/c1-13-11-18(28)19(25-27(13)17-10-5-4-9-16(17)22)21(30)24-23-20(29)14-7-6-8-15(12-14)33(31,32)26(2)3/h4-12H,1-3H3,(H,23,29)(H,24,30). The molecule has 12 heteroatoms. The summed E-state index contributed by atoms with van der Waals surface area (Å²) in [6, 6.07) is 12.0. The van der Waals surface area contributed by atoms with E-state index in [-0.39, 0.29) is 16.1 Å². The zero-order valence-corrected chi connectivity index (χ0v) is 18.7. The fraction of sp³-hybridized carbons (Fsp3) is 0.143. The molecule has 2 N–H and O–H groups in total. The van der Waals surface area contributed by atoms with Gasteiger partial charge in [-0.3, -0.25) is 25.2 Å². The van der Waals surface area contributed by atoms with E-state index in [1.54, 1.807) is 6.07 Å². The maximum Gasteiger partial charge on any atom is 0.294 e. The van der Waals surface area contributed by atoms with Crippen molar-refractivity contribution in [2.45, 2.75) is 11.8 Å². The molecule has 0 aliphatic carbocycles. The Balaban J connectivity index is 1.82. The lowest BCUT2D eigenvalue weighted by atomic mass is 10.2. The lowest BCUT2D eigenvalue weighted by Crippen LogP contribution is -2.44. The van der Waals surface area contributed by atoms with Gasteiger partial charge < -0.3 is 0 Å². The second-order valence-corrected chi connectivity index (χ2v) is 9.24. The van der Waals surface area contributed by atoms with Crippen LogP contribution in [0.1, 0.15) is 26.5 Å². The molecular weight excluding hydrogens is 453 g/mol. The fourth-order valence-electron chi connectivity index (χ4n) is 2.83. The summed E-state index contributed by atoms with van der Waals surface area (Å²) in [5.74, 6) is -2.46. The number of carbonyl (C=O) groups is 2. The summed E-state index contributed by atoms with van der Waals surface area (Å²) in [7, 11) is -1.07. The second-order valence-electron chi connectivity index (χ2n) is 7.09. The highest BCUT2D eigenvalue weighted by Gasteiger charge is 2.20. The van der Waals surface area contributed by atoms with Crippen molar-refractivity contribution in [3.05, 3.63) is 87.6 Å². The summed E-state index contributed by atoms with van der Waals surface area (Å²) in [4.78, 5) is 37.1. The van der Waals surface area contributed by atoms with Gasteiger partial charge in [-0.05, 0) is 37.3 Å². The molecule has 1 heterocycles. The van der Waals surface area contributed by atoms with Crippen molar-refractivity contribution in [1.82, 2.24) is 24.9 Å². The number of para-hydroxylation sites is 1. The largest absolute Gasteiger partial charge is 0.294 e. The van der Waals surface area contributed by atoms with E-state index < -0.39 is 38.8 Å². The number of carbonyl (C=O) groups excluding carboxylic acids is 2. The van der Waals surface area contributed by atoms with Crippen molar-refractivity contribution in [3.8, 4) is 5.69 Å². The van der Waals surface area contributed by atoms with Crippen molar-refractivity contribution in [2.75, 3.05) is 14.1 Å². The van der Waals surface area contributed by atoms with Crippen LogP contribution in [0.15, 0.2) is 64.3 Å². The topological polar surface area (TPSA) is 130 Å². The van der Waals surface area contributed by atoms with Gasteiger partial charge in [0.15, 0.2) is 5.69 Å². The molecule has 0 aliphatic heterocycles. The minimum Gasteiger partial charge on any atom is -0.287 e. The summed E-state index contributed by atoms with van der Waals surface area (Å²) >= 11 is 0. The van der Waals surface area contributed by atoms with Crippen LogP contribution in [0.5, 0.6) is 0 Å². The van der Waals surface area contributed by atoms with Crippen molar-refractivity contribution in [3.63, 3.8) is 0 Å². The van der Waals surface area contributed by atoms with Gasteiger partial charge in [-0.15, -0.1) is 0 Å². The van der Waals surface area contributed by atoms with E-state index >= 15 is 0 Å². The number of hydrogen-bond acceptors (Lipinski definition) is 6. The summed E-state index contributed by atoms with van der Waals surface area (Å²) in [6.45, 7) is 1.53. The minimum atomic E-state index is -3.77. The van der Waals surface area contributed by atoms with Crippen LogP contribution in [0.3, 0.4) is 0 Å². The Hall–Kier alpha value is -3.90. The van der Waals surface area contributed by atoms with Crippen LogP contribution in [-0.2, 0) is 10.0 Å². The molecule has 0 bridgehead atoms. The normalized spacial score (nSPS) is 11.3. The molecule has 172 valence electrons. The van der Waals surface area contributed by atoms with Crippen LogP contribution >= 0.6 is 0 Å². The van der Waals surface area contributed by atoms with Crippen molar-refractivity contribution < 1.29 is 22.4 Å². The maximum atomic E-state index is 14.2. The van der Waals surface area contributed by atoms with Crippen LogP contribution in [0, 0.1) is 12.7 Å². The number of rotatable bonds is 5. The summed E-state index contributed by atoms with van der Waals surface area (Å²) in [5, 5.41) is 3.94. The molecule has 0 saturated heterocycles. The Labute approximate surface area is 188 Å². The number of nitrogens with one attached hydrogen (secondary N) is 2. The number of sulfonamides is 1. The van der Waals surface area contributed by atoms with Gasteiger partial charge >= 0.3 is 0 Å². The predicted molar refractivity (Wildman–Crippen MR) is 117 cm³/mol. The van der Waals surface area contributed by atoms with Crippen LogP contribution in [0.25, 0.3) is 5.69 Å². The number of benzene rings is 2. The third kappa shape index (κ3) is 4.96. The monoisotopic (exact) mass is 473 g/mol. The molecule has 3 aromatic rings. The number of nitrogens with zero attached hydrogens (tertiary/aromatic N) is 3. The van der Waals surface area contributed by atoms with Gasteiger partial charge in [0, 0.05) is 31.4 Å². The molecule has 10 nitrogen and oxygen atoms in total. The third-order valence-corrected chi connectivity index (χ3v) is 6.38. The Morgan fingerprint density at radius 2 is 1.67 bits per heavy atom. The number of amides is 2. The van der Waals surface area contributed by atoms with E-state index in [2.05, 4.69) is 16.0 Å². The highest BCUT2D eigenvalue weighted by atomic mass is 32.2. The van der Waals surface area contributed by atoms with E-state index in [0.29, 0.717) is 5.69 Å². The van der Waals surface area contributed by atoms with Gasteiger partial charge in [0.25, 0.3) is 11.8 Å². The van der Waals surface area contributed by atoms with E-state index in [9.17, 15) is 27.2 Å². The highest BCUT2D eigenvalue weighted by Crippen LogP contribution is 2.15. The number of hydrogen-bond donors (Lipinski definition) is 2. The van der Waals surface area contributed by atoms with Gasteiger partial charge in [0.1, 0.15) is 11.5 Å². The lowest BCUT2D eigenvalue weighted by molar-refractivity contribution is 0.0842.